The molecule has 10 heteroatoms. The highest BCUT2D eigenvalue weighted by Gasteiger charge is 2.53. The average molecular weight is 448 g/mol. The molecule has 3 N–H and O–H groups in total. The van der Waals surface area contributed by atoms with Gasteiger partial charge in [-0.15, -0.1) is 0 Å². The molecule has 2 atom stereocenters. The highest BCUT2D eigenvalue weighted by Crippen LogP contribution is 2.41. The second kappa shape index (κ2) is 7.14. The topological polar surface area (TPSA) is 130 Å². The number of hydrogen-bond donors (Lipinski definition) is 3. The van der Waals surface area contributed by atoms with Crippen molar-refractivity contribution >= 4 is 34.0 Å². The number of aliphatic hydroxyl groups excluding tert-OH is 1. The minimum absolute atomic E-state index is 0.00941. The van der Waals surface area contributed by atoms with Crippen LogP contribution in [0.15, 0.2) is 51.4 Å². The van der Waals surface area contributed by atoms with Gasteiger partial charge in [-0.05, 0) is 29.8 Å². The van der Waals surface area contributed by atoms with Crippen LogP contribution in [0, 0.1) is 0 Å². The van der Waals surface area contributed by atoms with Crippen LogP contribution in [-0.2, 0) is 28.2 Å². The number of nitrogens with one attached hydrogen (secondary N) is 2. The normalized spacial score (nSPS) is 22.8. The van der Waals surface area contributed by atoms with Gasteiger partial charge in [0.2, 0.25) is 0 Å². The summed E-state index contributed by atoms with van der Waals surface area (Å²) >= 11 is 0. The van der Waals surface area contributed by atoms with Crippen LogP contribution in [0.3, 0.4) is 0 Å². The number of furan rings is 2. The maximum atomic E-state index is 13.0. The van der Waals surface area contributed by atoms with Crippen molar-refractivity contribution < 1.29 is 28.3 Å². The van der Waals surface area contributed by atoms with Gasteiger partial charge in [0, 0.05) is 43.4 Å². The van der Waals surface area contributed by atoms with Gasteiger partial charge in [0.15, 0.2) is 11.1 Å². The number of pyridine rings is 1. The summed E-state index contributed by atoms with van der Waals surface area (Å²) in [5.74, 6) is 0.351. The Morgan fingerprint density at radius 2 is 2.12 bits per heavy atom. The largest absolute Gasteiger partial charge is 0.459 e. The highest BCUT2D eigenvalue weighted by atomic mass is 16.5. The number of hydrogen-bond acceptors (Lipinski definition) is 8. The first-order valence-corrected chi connectivity index (χ1v) is 10.4. The summed E-state index contributed by atoms with van der Waals surface area (Å²) in [7, 11) is 1.59. The second-order valence-electron chi connectivity index (χ2n) is 8.29. The lowest BCUT2D eigenvalue weighted by Crippen LogP contribution is -2.52. The molecule has 3 amide bonds. The Labute approximate surface area is 187 Å². The van der Waals surface area contributed by atoms with E-state index in [1.165, 1.54) is 0 Å². The zero-order valence-electron chi connectivity index (χ0n) is 17.6. The van der Waals surface area contributed by atoms with E-state index in [4.69, 9.17) is 13.6 Å². The van der Waals surface area contributed by atoms with Gasteiger partial charge >= 0.3 is 6.03 Å². The number of rotatable bonds is 5. The zero-order chi connectivity index (χ0) is 22.7. The maximum absolute atomic E-state index is 13.0. The van der Waals surface area contributed by atoms with Crippen molar-refractivity contribution in [3.8, 4) is 0 Å². The summed E-state index contributed by atoms with van der Waals surface area (Å²) in [5, 5.41) is 17.1. The molecule has 0 aliphatic carbocycles. The Balaban J connectivity index is 1.39. The van der Waals surface area contributed by atoms with Gasteiger partial charge in [-0.25, -0.2) is 4.79 Å². The van der Waals surface area contributed by atoms with Gasteiger partial charge in [0.05, 0.1) is 0 Å². The van der Waals surface area contributed by atoms with Crippen LogP contribution in [0.4, 0.5) is 4.79 Å². The van der Waals surface area contributed by atoms with Gasteiger partial charge in [0.1, 0.15) is 35.5 Å². The molecule has 0 spiro atoms. The predicted molar refractivity (Wildman–Crippen MR) is 115 cm³/mol. The molecule has 1 aromatic carbocycles. The molecule has 0 bridgehead atoms. The summed E-state index contributed by atoms with van der Waals surface area (Å²) in [6.07, 6.45) is 0.609. The SMILES string of the molecule is COCc1cc2c3c(ccc2o1)CN(CC1(c2cc4ncccc4o2)NC(=O)NC1=O)C3O. The number of carbonyl (C=O) groups excluding carboxylic acids is 2. The van der Waals surface area contributed by atoms with E-state index < -0.39 is 23.7 Å². The average Bonchev–Trinajstić information content (AvgIpc) is 3.53. The standard InChI is InChI=1S/C23H20N4O6/c1-31-10-13-7-14-16(32-13)5-4-12-9-27(20(28)19(12)14)11-23(21(29)25-22(30)26-23)18-8-15-17(33-18)3-2-6-24-15/h2-8,20,28H,9-11H2,1H3,(H2,25,26,29,30). The number of amides is 3. The number of ether oxygens (including phenoxy) is 1. The number of nitrogens with zero attached hydrogens (tertiary/aromatic N) is 2. The Morgan fingerprint density at radius 3 is 2.88 bits per heavy atom. The quantitative estimate of drug-likeness (QED) is 0.397. The molecular formula is C23H20N4O6. The predicted octanol–water partition coefficient (Wildman–Crippen LogP) is 2.26. The fourth-order valence-electron chi connectivity index (χ4n) is 4.76. The van der Waals surface area contributed by atoms with Crippen molar-refractivity contribution in [1.29, 1.82) is 0 Å². The second-order valence-corrected chi connectivity index (χ2v) is 8.29. The van der Waals surface area contributed by atoms with E-state index in [1.54, 1.807) is 36.4 Å². The third-order valence-corrected chi connectivity index (χ3v) is 6.24. The smallest absolute Gasteiger partial charge is 0.322 e. The summed E-state index contributed by atoms with van der Waals surface area (Å²) in [5.41, 5.74) is 1.81. The fraction of sp³-hybridized carbons (Fsp3) is 0.261. The Kier molecular flexibility index (Phi) is 4.31. The number of aromatic nitrogens is 1. The molecule has 6 rings (SSSR count). The van der Waals surface area contributed by atoms with E-state index in [1.807, 2.05) is 18.2 Å². The number of urea groups is 1. The minimum Gasteiger partial charge on any atom is -0.459 e. The van der Waals surface area contributed by atoms with Crippen molar-refractivity contribution in [2.75, 3.05) is 13.7 Å². The number of methoxy groups -OCH3 is 1. The van der Waals surface area contributed by atoms with E-state index in [9.17, 15) is 14.7 Å². The minimum atomic E-state index is -1.52. The van der Waals surface area contributed by atoms with Crippen molar-refractivity contribution in [2.24, 2.45) is 0 Å². The molecule has 2 unspecified atom stereocenters. The first-order valence-electron chi connectivity index (χ1n) is 10.4. The third-order valence-electron chi connectivity index (χ3n) is 6.24. The van der Waals surface area contributed by atoms with Crippen molar-refractivity contribution in [3.05, 3.63) is 65.2 Å². The number of imide groups is 1. The number of aliphatic hydroxyl groups is 1. The molecular weight excluding hydrogens is 428 g/mol. The number of fused-ring (bicyclic) bond motifs is 4. The molecule has 10 nitrogen and oxygen atoms in total. The van der Waals surface area contributed by atoms with E-state index in [2.05, 4.69) is 15.6 Å². The van der Waals surface area contributed by atoms with Gasteiger partial charge in [-0.1, -0.05) is 6.07 Å². The molecule has 33 heavy (non-hydrogen) atoms. The van der Waals surface area contributed by atoms with Crippen molar-refractivity contribution in [1.82, 2.24) is 20.5 Å². The monoisotopic (exact) mass is 448 g/mol. The molecule has 1 saturated heterocycles. The van der Waals surface area contributed by atoms with Crippen LogP contribution in [0.1, 0.15) is 28.9 Å². The lowest BCUT2D eigenvalue weighted by atomic mass is 9.95. The molecule has 2 aliphatic heterocycles. The molecule has 4 aromatic rings. The Hall–Kier alpha value is -3.73. The fourth-order valence-corrected chi connectivity index (χ4v) is 4.76. The van der Waals surface area contributed by atoms with E-state index in [0.717, 1.165) is 10.9 Å². The molecule has 3 aromatic heterocycles. The maximum Gasteiger partial charge on any atom is 0.322 e. The Morgan fingerprint density at radius 1 is 1.24 bits per heavy atom. The first kappa shape index (κ1) is 19.9. The summed E-state index contributed by atoms with van der Waals surface area (Å²) in [6.45, 7) is 0.684. The van der Waals surface area contributed by atoms with Crippen LogP contribution >= 0.6 is 0 Å². The molecule has 168 valence electrons. The van der Waals surface area contributed by atoms with Gasteiger partial charge in [-0.3, -0.25) is 20.0 Å². The van der Waals surface area contributed by atoms with Crippen LogP contribution in [-0.4, -0.2) is 40.6 Å². The van der Waals surface area contributed by atoms with Crippen molar-refractivity contribution in [3.63, 3.8) is 0 Å². The summed E-state index contributed by atoms with van der Waals surface area (Å²) in [6, 6.07) is 10.1. The Bertz CT molecular complexity index is 1390. The van der Waals surface area contributed by atoms with Crippen LogP contribution < -0.4 is 10.6 Å². The molecule has 1 fully saturated rings. The first-order chi connectivity index (χ1) is 16.0. The van der Waals surface area contributed by atoms with Crippen molar-refractivity contribution in [2.45, 2.75) is 24.9 Å². The number of benzene rings is 1. The van der Waals surface area contributed by atoms with Gasteiger partial charge < -0.3 is 24.0 Å². The number of carbonyl (C=O) groups is 2. The van der Waals surface area contributed by atoms with Crippen LogP contribution in [0.25, 0.3) is 22.1 Å². The lowest BCUT2D eigenvalue weighted by Gasteiger charge is -2.30. The van der Waals surface area contributed by atoms with E-state index in [0.29, 0.717) is 41.2 Å². The molecule has 0 radical (unpaired) electrons. The van der Waals surface area contributed by atoms with E-state index >= 15 is 0 Å². The van der Waals surface area contributed by atoms with Gasteiger partial charge in [0.25, 0.3) is 5.91 Å². The summed E-state index contributed by atoms with van der Waals surface area (Å²) in [4.78, 5) is 31.2. The third kappa shape index (κ3) is 2.95. The van der Waals surface area contributed by atoms with Crippen LogP contribution in [0.2, 0.25) is 0 Å². The highest BCUT2D eigenvalue weighted by molar-refractivity contribution is 6.07. The zero-order valence-corrected chi connectivity index (χ0v) is 17.6. The molecule has 0 saturated carbocycles. The summed E-state index contributed by atoms with van der Waals surface area (Å²) < 4.78 is 16.9. The van der Waals surface area contributed by atoms with E-state index in [-0.39, 0.29) is 12.3 Å². The molecule has 2 aliphatic rings. The van der Waals surface area contributed by atoms with Gasteiger partial charge in [-0.2, -0.15) is 0 Å². The van der Waals surface area contributed by atoms with Crippen LogP contribution in [0.5, 0.6) is 0 Å². The molecule has 5 heterocycles. The lowest BCUT2D eigenvalue weighted by molar-refractivity contribution is -0.127.